The van der Waals surface area contributed by atoms with Gasteiger partial charge in [0.25, 0.3) is 5.91 Å². The number of anilines is 1. The fourth-order valence-corrected chi connectivity index (χ4v) is 2.84. The second kappa shape index (κ2) is 9.09. The summed E-state index contributed by atoms with van der Waals surface area (Å²) in [4.78, 5) is 36.2. The van der Waals surface area contributed by atoms with Gasteiger partial charge in [0.05, 0.1) is 12.2 Å². The molecule has 2 aromatic rings. The highest BCUT2D eigenvalue weighted by Gasteiger charge is 2.48. The molecule has 0 radical (unpaired) electrons. The van der Waals surface area contributed by atoms with Gasteiger partial charge in [-0.25, -0.2) is 0 Å². The Morgan fingerprint density at radius 2 is 1.50 bits per heavy atom. The second-order valence-electron chi connectivity index (χ2n) is 8.24. The molecule has 0 bridgehead atoms. The molecule has 0 heterocycles. The number of nitrogens with one attached hydrogen (secondary N) is 1. The van der Waals surface area contributed by atoms with E-state index in [0.717, 1.165) is 5.56 Å². The highest BCUT2D eigenvalue weighted by Crippen LogP contribution is 2.28. The summed E-state index contributed by atoms with van der Waals surface area (Å²) in [6, 6.07) is 13.6. The van der Waals surface area contributed by atoms with Gasteiger partial charge in [0.15, 0.2) is 5.41 Å². The first-order valence-corrected chi connectivity index (χ1v) is 9.51. The average Bonchev–Trinajstić information content (AvgIpc) is 2.65. The number of carbonyl (C=O) groups excluding carboxylic acids is 1. The Balaban J connectivity index is 2.19. The van der Waals surface area contributed by atoms with Crippen molar-refractivity contribution in [1.82, 2.24) is 0 Å². The van der Waals surface area contributed by atoms with E-state index in [1.54, 1.807) is 57.2 Å². The molecule has 7 nitrogen and oxygen atoms in total. The maximum atomic E-state index is 12.4. The van der Waals surface area contributed by atoms with Crippen LogP contribution in [0.5, 0.6) is 0 Å². The summed E-state index contributed by atoms with van der Waals surface area (Å²) < 4.78 is 5.51. The third kappa shape index (κ3) is 5.67. The Bertz CT molecular complexity index is 913. The van der Waals surface area contributed by atoms with Crippen molar-refractivity contribution in [2.45, 2.75) is 39.7 Å². The van der Waals surface area contributed by atoms with Gasteiger partial charge in [0.2, 0.25) is 0 Å². The standard InChI is InChI=1S/C23H27NO6/c1-15-7-5-6-8-18(15)19(25)24-17-11-9-16(10-12-17)13-23(20(26)27,21(28)29)14-30-22(2,3)4/h5-12H,13-14H2,1-4H3,(H,24,25)(H,26,27)(H,28,29). The minimum absolute atomic E-state index is 0.250. The lowest BCUT2D eigenvalue weighted by Gasteiger charge is -2.29. The summed E-state index contributed by atoms with van der Waals surface area (Å²) in [6.07, 6.45) is -0.250. The summed E-state index contributed by atoms with van der Waals surface area (Å²) in [7, 11) is 0. The number of ether oxygens (including phenoxy) is 1. The topological polar surface area (TPSA) is 113 Å². The number of hydrogen-bond acceptors (Lipinski definition) is 4. The highest BCUT2D eigenvalue weighted by molar-refractivity contribution is 6.05. The number of benzene rings is 2. The average molecular weight is 413 g/mol. The molecular weight excluding hydrogens is 386 g/mol. The molecule has 0 saturated carbocycles. The van der Waals surface area contributed by atoms with Crippen molar-refractivity contribution in [3.8, 4) is 0 Å². The summed E-state index contributed by atoms with van der Waals surface area (Å²) in [5.74, 6) is -3.18. The van der Waals surface area contributed by atoms with Gasteiger partial charge in [-0.2, -0.15) is 0 Å². The van der Waals surface area contributed by atoms with Crippen LogP contribution in [0.3, 0.4) is 0 Å². The zero-order valence-electron chi connectivity index (χ0n) is 17.6. The lowest BCUT2D eigenvalue weighted by molar-refractivity contribution is -0.173. The Morgan fingerprint density at radius 1 is 0.933 bits per heavy atom. The fraction of sp³-hybridized carbons (Fsp3) is 0.348. The Kier molecular flexibility index (Phi) is 7.00. The number of carboxylic acids is 2. The van der Waals surface area contributed by atoms with Crippen LogP contribution in [0.2, 0.25) is 0 Å². The van der Waals surface area contributed by atoms with E-state index in [2.05, 4.69) is 5.32 Å². The number of aryl methyl sites for hydroxylation is 1. The van der Waals surface area contributed by atoms with Gasteiger partial charge >= 0.3 is 11.9 Å². The molecule has 2 rings (SSSR count). The molecule has 3 N–H and O–H groups in total. The molecule has 0 aromatic heterocycles. The molecule has 0 aliphatic carbocycles. The van der Waals surface area contributed by atoms with E-state index in [1.807, 2.05) is 19.1 Å². The van der Waals surface area contributed by atoms with Crippen molar-refractivity contribution in [3.63, 3.8) is 0 Å². The third-order valence-electron chi connectivity index (χ3n) is 4.68. The monoisotopic (exact) mass is 413 g/mol. The van der Waals surface area contributed by atoms with E-state index in [-0.39, 0.29) is 12.3 Å². The molecule has 0 saturated heterocycles. The van der Waals surface area contributed by atoms with Gasteiger partial charge in [-0.15, -0.1) is 0 Å². The zero-order valence-corrected chi connectivity index (χ0v) is 17.6. The summed E-state index contributed by atoms with van der Waals surface area (Å²) in [5, 5.41) is 22.1. The molecule has 0 aliphatic heterocycles. The molecule has 0 fully saturated rings. The molecule has 30 heavy (non-hydrogen) atoms. The van der Waals surface area contributed by atoms with Crippen molar-refractivity contribution in [3.05, 3.63) is 65.2 Å². The summed E-state index contributed by atoms with van der Waals surface area (Å²) >= 11 is 0. The molecule has 0 spiro atoms. The first-order chi connectivity index (χ1) is 13.9. The van der Waals surface area contributed by atoms with Crippen molar-refractivity contribution in [2.24, 2.45) is 5.41 Å². The van der Waals surface area contributed by atoms with Crippen molar-refractivity contribution < 1.29 is 29.3 Å². The van der Waals surface area contributed by atoms with E-state index in [0.29, 0.717) is 16.8 Å². The Labute approximate surface area is 175 Å². The Hall–Kier alpha value is -3.19. The highest BCUT2D eigenvalue weighted by atomic mass is 16.5. The molecule has 0 atom stereocenters. The first kappa shape index (κ1) is 23.1. The lowest BCUT2D eigenvalue weighted by atomic mass is 9.82. The van der Waals surface area contributed by atoms with Crippen LogP contribution in [-0.2, 0) is 20.7 Å². The number of carbonyl (C=O) groups is 3. The fourth-order valence-electron chi connectivity index (χ4n) is 2.84. The molecule has 0 aliphatic rings. The summed E-state index contributed by atoms with van der Waals surface area (Å²) in [6.45, 7) is 6.57. The van der Waals surface area contributed by atoms with Gasteiger partial charge in [0, 0.05) is 17.7 Å². The predicted molar refractivity (Wildman–Crippen MR) is 113 cm³/mol. The SMILES string of the molecule is Cc1ccccc1C(=O)Nc1ccc(CC(COC(C)(C)C)(C(=O)O)C(=O)O)cc1. The van der Waals surface area contributed by atoms with Crippen LogP contribution in [0.25, 0.3) is 0 Å². The smallest absolute Gasteiger partial charge is 0.323 e. The normalized spacial score (nSPS) is 11.7. The van der Waals surface area contributed by atoms with Crippen LogP contribution in [-0.4, -0.2) is 40.3 Å². The van der Waals surface area contributed by atoms with Crippen LogP contribution in [0.1, 0.15) is 42.3 Å². The van der Waals surface area contributed by atoms with E-state index in [1.165, 1.54) is 0 Å². The lowest BCUT2D eigenvalue weighted by Crippen LogP contribution is -2.47. The Morgan fingerprint density at radius 3 is 2.00 bits per heavy atom. The van der Waals surface area contributed by atoms with Crippen LogP contribution in [0, 0.1) is 12.3 Å². The van der Waals surface area contributed by atoms with E-state index in [9.17, 15) is 24.6 Å². The van der Waals surface area contributed by atoms with Gasteiger partial charge in [0.1, 0.15) is 0 Å². The maximum Gasteiger partial charge on any atom is 0.323 e. The van der Waals surface area contributed by atoms with Gasteiger partial charge in [-0.05, 0) is 57.0 Å². The number of hydrogen-bond donors (Lipinski definition) is 3. The summed E-state index contributed by atoms with van der Waals surface area (Å²) in [5.41, 5.74) is -0.366. The minimum atomic E-state index is -2.11. The van der Waals surface area contributed by atoms with Crippen LogP contribution in [0.15, 0.2) is 48.5 Å². The van der Waals surface area contributed by atoms with Gasteiger partial charge in [-0.1, -0.05) is 30.3 Å². The third-order valence-corrected chi connectivity index (χ3v) is 4.68. The number of rotatable bonds is 8. The predicted octanol–water partition coefficient (Wildman–Crippen LogP) is 3.76. The number of carboxylic acid groups (broad SMARTS) is 2. The molecule has 160 valence electrons. The molecule has 2 aromatic carbocycles. The quantitative estimate of drug-likeness (QED) is 0.568. The van der Waals surface area contributed by atoms with Crippen LogP contribution < -0.4 is 5.32 Å². The molecule has 0 unspecified atom stereocenters. The van der Waals surface area contributed by atoms with Crippen LogP contribution in [0.4, 0.5) is 5.69 Å². The minimum Gasteiger partial charge on any atom is -0.480 e. The molecule has 7 heteroatoms. The number of amides is 1. The van der Waals surface area contributed by atoms with Crippen molar-refractivity contribution >= 4 is 23.5 Å². The van der Waals surface area contributed by atoms with Crippen molar-refractivity contribution in [1.29, 1.82) is 0 Å². The van der Waals surface area contributed by atoms with E-state index >= 15 is 0 Å². The van der Waals surface area contributed by atoms with Gasteiger partial charge < -0.3 is 20.3 Å². The van der Waals surface area contributed by atoms with Crippen LogP contribution >= 0.6 is 0 Å². The first-order valence-electron chi connectivity index (χ1n) is 9.51. The number of aliphatic carboxylic acids is 2. The zero-order chi connectivity index (χ0) is 22.5. The van der Waals surface area contributed by atoms with E-state index in [4.69, 9.17) is 4.74 Å². The molecule has 1 amide bonds. The maximum absolute atomic E-state index is 12.4. The van der Waals surface area contributed by atoms with E-state index < -0.39 is 29.6 Å². The largest absolute Gasteiger partial charge is 0.480 e. The molecular formula is C23H27NO6. The second-order valence-corrected chi connectivity index (χ2v) is 8.24. The van der Waals surface area contributed by atoms with Gasteiger partial charge in [-0.3, -0.25) is 14.4 Å². The van der Waals surface area contributed by atoms with Crippen molar-refractivity contribution in [2.75, 3.05) is 11.9 Å².